The molecule has 0 bridgehead atoms. The number of anilines is 3. The molecule has 2 aliphatic heterocycles. The Hall–Kier alpha value is -4.46. The highest BCUT2D eigenvalue weighted by Crippen LogP contribution is 2.34. The third-order valence-electron chi connectivity index (χ3n) is 6.38. The molecule has 2 aliphatic rings. The lowest BCUT2D eigenvalue weighted by molar-refractivity contribution is -0.193. The maximum Gasteiger partial charge on any atom is 0.490 e. The third kappa shape index (κ3) is 11.0. The third-order valence-corrected chi connectivity index (χ3v) is 6.38. The number of piperidine rings is 1. The number of aliphatic carboxylic acids is 2. The fraction of sp³-hybridized carbons (Fsp3) is 0.462. The molecule has 0 saturated carbocycles. The average Bonchev–Trinajstić information content (AvgIpc) is 3.44. The highest BCUT2D eigenvalue weighted by molar-refractivity contribution is 6.05. The van der Waals surface area contributed by atoms with Crippen LogP contribution < -0.4 is 20.4 Å². The number of carboxylic acid groups (broad SMARTS) is 2. The monoisotopic (exact) mass is 620 g/mol. The molecule has 2 fully saturated rings. The van der Waals surface area contributed by atoms with Gasteiger partial charge in [-0.1, -0.05) is 6.92 Å². The van der Waals surface area contributed by atoms with Crippen LogP contribution in [0.25, 0.3) is 0 Å². The van der Waals surface area contributed by atoms with Crippen molar-refractivity contribution in [2.45, 2.75) is 32.1 Å². The number of carbonyl (C=O) groups excluding carboxylic acids is 1. The molecule has 1 aromatic carbocycles. The molecule has 3 heterocycles. The predicted octanol–water partition coefficient (Wildman–Crippen LogP) is 4.05. The molecule has 17 heteroatoms. The van der Waals surface area contributed by atoms with Crippen LogP contribution in [0.3, 0.4) is 0 Å². The second kappa shape index (κ2) is 15.1. The lowest BCUT2D eigenvalue weighted by Crippen LogP contribution is -2.43. The van der Waals surface area contributed by atoms with E-state index in [1.54, 1.807) is 12.3 Å². The topological polar surface area (TPSA) is 162 Å². The van der Waals surface area contributed by atoms with Gasteiger partial charge in [-0.15, -0.1) is 0 Å². The number of alkyl halides is 6. The summed E-state index contributed by atoms with van der Waals surface area (Å²) in [6.07, 6.45) is -6.30. The largest absolute Gasteiger partial charge is 0.490 e. The summed E-state index contributed by atoms with van der Waals surface area (Å²) in [6.45, 7) is 8.25. The Kier molecular flexibility index (Phi) is 12.2. The molecule has 0 radical (unpaired) electrons. The maximum atomic E-state index is 12.7. The standard InChI is InChI=1S/C22H28N6O.2C2HF3O2/c1-16-4-8-28(9-5-16)21-13-18(27-10-6-24-7-11-27)2-3-19(21)26-22(29)20-12-17(14-23)15-25-20;2*3-2(4,5)1(6)7/h2-3,12-13,15-16,24-25H,4-11H2,1H3,(H,26,29);2*(H,6,7). The van der Waals surface area contributed by atoms with Gasteiger partial charge in [-0.3, -0.25) is 4.79 Å². The van der Waals surface area contributed by atoms with Crippen molar-refractivity contribution < 1.29 is 50.9 Å². The van der Waals surface area contributed by atoms with Gasteiger partial charge in [0.25, 0.3) is 5.91 Å². The quantitative estimate of drug-likeness (QED) is 0.318. The van der Waals surface area contributed by atoms with E-state index < -0.39 is 24.3 Å². The van der Waals surface area contributed by atoms with Crippen LogP contribution >= 0.6 is 0 Å². The average molecular weight is 621 g/mol. The lowest BCUT2D eigenvalue weighted by Gasteiger charge is -2.35. The Bertz CT molecular complexity index is 1270. The first-order valence-electron chi connectivity index (χ1n) is 12.9. The fourth-order valence-electron chi connectivity index (χ4n) is 4.04. The molecule has 11 nitrogen and oxygen atoms in total. The van der Waals surface area contributed by atoms with E-state index in [2.05, 4.69) is 44.5 Å². The van der Waals surface area contributed by atoms with Crippen LogP contribution in [0.4, 0.5) is 43.4 Å². The fourth-order valence-corrected chi connectivity index (χ4v) is 4.04. The summed E-state index contributed by atoms with van der Waals surface area (Å²) in [5.74, 6) is -5.00. The Balaban J connectivity index is 0.000000384. The minimum absolute atomic E-state index is 0.229. The molecule has 0 unspecified atom stereocenters. The van der Waals surface area contributed by atoms with Gasteiger partial charge >= 0.3 is 24.3 Å². The molecule has 5 N–H and O–H groups in total. The lowest BCUT2D eigenvalue weighted by atomic mass is 9.98. The summed E-state index contributed by atoms with van der Waals surface area (Å²) >= 11 is 0. The van der Waals surface area contributed by atoms with E-state index in [1.165, 1.54) is 5.69 Å². The minimum atomic E-state index is -5.08. The molecule has 1 aromatic heterocycles. The number of piperazine rings is 1. The van der Waals surface area contributed by atoms with Crippen LogP contribution in [-0.4, -0.2) is 84.7 Å². The summed E-state index contributed by atoms with van der Waals surface area (Å²) in [6, 6.07) is 9.94. The molecule has 43 heavy (non-hydrogen) atoms. The second-order valence-electron chi connectivity index (χ2n) is 9.58. The molecule has 0 atom stereocenters. The van der Waals surface area contributed by atoms with E-state index in [1.807, 2.05) is 12.1 Å². The number of carboxylic acids is 2. The van der Waals surface area contributed by atoms with Crippen LogP contribution in [0.1, 0.15) is 35.8 Å². The number of nitrogens with zero attached hydrogens (tertiary/aromatic N) is 3. The van der Waals surface area contributed by atoms with Gasteiger partial charge in [-0.25, -0.2) is 9.59 Å². The van der Waals surface area contributed by atoms with Crippen molar-refractivity contribution >= 4 is 34.9 Å². The van der Waals surface area contributed by atoms with Gasteiger partial charge < -0.3 is 35.6 Å². The van der Waals surface area contributed by atoms with Crippen molar-refractivity contribution in [3.63, 3.8) is 0 Å². The van der Waals surface area contributed by atoms with Crippen molar-refractivity contribution in [3.8, 4) is 6.07 Å². The normalized spacial score (nSPS) is 15.7. The number of amides is 1. The van der Waals surface area contributed by atoms with Gasteiger partial charge in [-0.05, 0) is 43.0 Å². The van der Waals surface area contributed by atoms with Gasteiger partial charge in [0, 0.05) is 51.2 Å². The van der Waals surface area contributed by atoms with E-state index in [0.717, 1.165) is 69.4 Å². The number of rotatable bonds is 4. The molecular formula is C26H30F6N6O5. The van der Waals surface area contributed by atoms with Crippen molar-refractivity contribution in [3.05, 3.63) is 41.7 Å². The Labute approximate surface area is 242 Å². The SMILES string of the molecule is CC1CCN(c2cc(N3CCNCC3)ccc2NC(=O)c2cc(C#N)c[nH]2)CC1.O=C(O)C(F)(F)F.O=C(O)C(F)(F)F. The molecule has 4 rings (SSSR count). The van der Waals surface area contributed by atoms with E-state index in [0.29, 0.717) is 11.3 Å². The number of halogens is 6. The molecule has 0 aliphatic carbocycles. The number of hydrogen-bond donors (Lipinski definition) is 5. The number of carbonyl (C=O) groups is 3. The van der Waals surface area contributed by atoms with Gasteiger partial charge in [0.2, 0.25) is 0 Å². The summed E-state index contributed by atoms with van der Waals surface area (Å²) in [5, 5.41) is 29.7. The zero-order valence-electron chi connectivity index (χ0n) is 22.8. The highest BCUT2D eigenvalue weighted by atomic mass is 19.4. The Morgan fingerprint density at radius 2 is 1.47 bits per heavy atom. The maximum absolute atomic E-state index is 12.7. The summed E-state index contributed by atoms with van der Waals surface area (Å²) in [4.78, 5) is 38.2. The second-order valence-corrected chi connectivity index (χ2v) is 9.58. The number of benzene rings is 1. The molecule has 1 amide bonds. The smallest absolute Gasteiger partial charge is 0.475 e. The highest BCUT2D eigenvalue weighted by Gasteiger charge is 2.38. The molecule has 0 spiro atoms. The van der Waals surface area contributed by atoms with Crippen LogP contribution in [-0.2, 0) is 9.59 Å². The van der Waals surface area contributed by atoms with Crippen molar-refractivity contribution in [2.24, 2.45) is 5.92 Å². The van der Waals surface area contributed by atoms with Crippen LogP contribution in [0.5, 0.6) is 0 Å². The number of nitriles is 1. The number of H-pyrrole nitrogens is 1. The minimum Gasteiger partial charge on any atom is -0.475 e. The van der Waals surface area contributed by atoms with Gasteiger partial charge in [-0.2, -0.15) is 31.6 Å². The van der Waals surface area contributed by atoms with Crippen molar-refractivity contribution in [1.29, 1.82) is 5.26 Å². The summed E-state index contributed by atoms with van der Waals surface area (Å²) in [7, 11) is 0. The first kappa shape index (κ1) is 34.7. The Morgan fingerprint density at radius 3 is 1.93 bits per heavy atom. The first-order valence-corrected chi connectivity index (χ1v) is 12.9. The molecular weight excluding hydrogens is 590 g/mol. The van der Waals surface area contributed by atoms with E-state index >= 15 is 0 Å². The van der Waals surface area contributed by atoms with E-state index in [4.69, 9.17) is 25.1 Å². The van der Waals surface area contributed by atoms with Crippen molar-refractivity contribution in [2.75, 3.05) is 54.4 Å². The number of hydrogen-bond acceptors (Lipinski definition) is 7. The van der Waals surface area contributed by atoms with Crippen LogP contribution in [0, 0.1) is 17.2 Å². The number of aromatic amines is 1. The summed E-state index contributed by atoms with van der Waals surface area (Å²) < 4.78 is 63.5. The van der Waals surface area contributed by atoms with E-state index in [-0.39, 0.29) is 5.91 Å². The van der Waals surface area contributed by atoms with Gasteiger partial charge in [0.05, 0.1) is 16.9 Å². The van der Waals surface area contributed by atoms with Crippen LogP contribution in [0.2, 0.25) is 0 Å². The number of nitrogens with one attached hydrogen (secondary N) is 3. The zero-order valence-corrected chi connectivity index (χ0v) is 22.8. The van der Waals surface area contributed by atoms with Crippen LogP contribution in [0.15, 0.2) is 30.5 Å². The first-order chi connectivity index (χ1) is 20.0. The number of aromatic nitrogens is 1. The molecule has 2 saturated heterocycles. The molecule has 236 valence electrons. The molecule has 2 aromatic rings. The van der Waals surface area contributed by atoms with Gasteiger partial charge in [0.15, 0.2) is 0 Å². The van der Waals surface area contributed by atoms with Gasteiger partial charge in [0.1, 0.15) is 11.8 Å². The Morgan fingerprint density at radius 1 is 0.930 bits per heavy atom. The van der Waals surface area contributed by atoms with E-state index in [9.17, 15) is 31.1 Å². The zero-order chi connectivity index (χ0) is 32.4. The predicted molar refractivity (Wildman–Crippen MR) is 143 cm³/mol. The van der Waals surface area contributed by atoms with Crippen molar-refractivity contribution in [1.82, 2.24) is 10.3 Å². The summed E-state index contributed by atoms with van der Waals surface area (Å²) in [5.41, 5.74) is 3.94.